The zero-order valence-electron chi connectivity index (χ0n) is 12.1. The van der Waals surface area contributed by atoms with E-state index < -0.39 is 10.0 Å². The van der Waals surface area contributed by atoms with Crippen LogP contribution in [0.3, 0.4) is 0 Å². The Kier molecular flexibility index (Phi) is 4.76. The van der Waals surface area contributed by atoms with Crippen LogP contribution in [0.2, 0.25) is 0 Å². The first-order chi connectivity index (χ1) is 9.94. The van der Waals surface area contributed by atoms with Gasteiger partial charge in [0, 0.05) is 37.2 Å². The first-order valence-corrected chi connectivity index (χ1v) is 8.17. The van der Waals surface area contributed by atoms with E-state index in [0.717, 1.165) is 5.69 Å². The van der Waals surface area contributed by atoms with Crippen LogP contribution in [0, 0.1) is 0 Å². The SMILES string of the molecule is CC(C)n1cc(S(=O)(=O)NCCn2ccnn2)cc1CN. The van der Waals surface area contributed by atoms with Crippen LogP contribution in [-0.4, -0.2) is 34.5 Å². The quantitative estimate of drug-likeness (QED) is 0.754. The van der Waals surface area contributed by atoms with Crippen LogP contribution in [0.1, 0.15) is 25.6 Å². The van der Waals surface area contributed by atoms with Crippen molar-refractivity contribution in [1.82, 2.24) is 24.3 Å². The molecule has 0 aliphatic carbocycles. The van der Waals surface area contributed by atoms with Gasteiger partial charge < -0.3 is 10.3 Å². The number of rotatable bonds is 7. The van der Waals surface area contributed by atoms with Crippen molar-refractivity contribution in [3.05, 3.63) is 30.4 Å². The smallest absolute Gasteiger partial charge is 0.242 e. The van der Waals surface area contributed by atoms with Crippen molar-refractivity contribution in [2.75, 3.05) is 6.54 Å². The minimum absolute atomic E-state index is 0.155. The van der Waals surface area contributed by atoms with E-state index in [0.29, 0.717) is 13.1 Å². The zero-order chi connectivity index (χ0) is 15.5. The Balaban J connectivity index is 2.08. The van der Waals surface area contributed by atoms with Crippen molar-refractivity contribution in [1.29, 1.82) is 0 Å². The highest BCUT2D eigenvalue weighted by Crippen LogP contribution is 2.18. The maximum Gasteiger partial charge on any atom is 0.242 e. The molecule has 2 heterocycles. The second-order valence-electron chi connectivity index (χ2n) is 4.94. The van der Waals surface area contributed by atoms with Gasteiger partial charge in [-0.15, -0.1) is 5.10 Å². The summed E-state index contributed by atoms with van der Waals surface area (Å²) in [5.74, 6) is 0. The van der Waals surface area contributed by atoms with Gasteiger partial charge in [-0.1, -0.05) is 5.21 Å². The Morgan fingerprint density at radius 1 is 1.43 bits per heavy atom. The van der Waals surface area contributed by atoms with E-state index in [-0.39, 0.29) is 17.5 Å². The molecular weight excluding hydrogens is 292 g/mol. The molecule has 0 amide bonds. The summed E-state index contributed by atoms with van der Waals surface area (Å²) in [7, 11) is -3.55. The van der Waals surface area contributed by atoms with Gasteiger partial charge in [0.15, 0.2) is 0 Å². The highest BCUT2D eigenvalue weighted by Gasteiger charge is 2.18. The minimum Gasteiger partial charge on any atom is -0.346 e. The summed E-state index contributed by atoms with van der Waals surface area (Å²) in [6.07, 6.45) is 4.84. The van der Waals surface area contributed by atoms with Crippen LogP contribution in [0.15, 0.2) is 29.6 Å². The Bertz CT molecular complexity index is 675. The average Bonchev–Trinajstić information content (AvgIpc) is 3.07. The van der Waals surface area contributed by atoms with Gasteiger partial charge in [0.1, 0.15) is 0 Å². The fraction of sp³-hybridized carbons (Fsp3) is 0.500. The standard InChI is InChI=1S/C12H20N6O2S/c1-10(2)18-9-12(7-11(18)8-13)21(19,20)15-4-6-17-5-3-14-16-17/h3,5,7,9-10,15H,4,6,8,13H2,1-2H3. The van der Waals surface area contributed by atoms with Crippen molar-refractivity contribution in [2.24, 2.45) is 5.73 Å². The maximum atomic E-state index is 12.3. The van der Waals surface area contributed by atoms with Gasteiger partial charge in [0.05, 0.1) is 17.6 Å². The number of nitrogens with zero attached hydrogens (tertiary/aromatic N) is 4. The van der Waals surface area contributed by atoms with Crippen molar-refractivity contribution in [3.8, 4) is 0 Å². The first-order valence-electron chi connectivity index (χ1n) is 6.68. The number of nitrogens with two attached hydrogens (primary N) is 1. The van der Waals surface area contributed by atoms with E-state index in [1.54, 1.807) is 29.3 Å². The summed E-state index contributed by atoms with van der Waals surface area (Å²) in [6, 6.07) is 1.76. The topological polar surface area (TPSA) is 108 Å². The highest BCUT2D eigenvalue weighted by atomic mass is 32.2. The van der Waals surface area contributed by atoms with Crippen LogP contribution >= 0.6 is 0 Å². The molecular formula is C12H20N6O2S. The van der Waals surface area contributed by atoms with Gasteiger partial charge >= 0.3 is 0 Å². The predicted molar refractivity (Wildman–Crippen MR) is 77.9 cm³/mol. The monoisotopic (exact) mass is 312 g/mol. The van der Waals surface area contributed by atoms with Crippen molar-refractivity contribution < 1.29 is 8.42 Å². The lowest BCUT2D eigenvalue weighted by atomic mass is 10.3. The average molecular weight is 312 g/mol. The van der Waals surface area contributed by atoms with E-state index in [4.69, 9.17) is 5.73 Å². The molecule has 0 aromatic carbocycles. The molecule has 0 unspecified atom stereocenters. The summed E-state index contributed by atoms with van der Waals surface area (Å²) < 4.78 is 30.5. The van der Waals surface area contributed by atoms with Crippen molar-refractivity contribution in [3.63, 3.8) is 0 Å². The molecule has 21 heavy (non-hydrogen) atoms. The summed E-state index contributed by atoms with van der Waals surface area (Å²) in [5, 5.41) is 7.43. The third-order valence-corrected chi connectivity index (χ3v) is 4.52. The minimum atomic E-state index is -3.55. The molecule has 0 radical (unpaired) electrons. The van der Waals surface area contributed by atoms with Gasteiger partial charge in [-0.05, 0) is 19.9 Å². The van der Waals surface area contributed by atoms with Crippen molar-refractivity contribution >= 4 is 10.0 Å². The van der Waals surface area contributed by atoms with Crippen LogP contribution in [0.5, 0.6) is 0 Å². The van der Waals surface area contributed by atoms with E-state index in [1.807, 2.05) is 18.4 Å². The normalized spacial score (nSPS) is 12.2. The molecule has 0 fully saturated rings. The molecule has 8 nitrogen and oxygen atoms in total. The van der Waals surface area contributed by atoms with Crippen LogP contribution < -0.4 is 10.5 Å². The molecule has 0 bridgehead atoms. The molecule has 0 aliphatic heterocycles. The number of hydrogen-bond donors (Lipinski definition) is 2. The van der Waals surface area contributed by atoms with E-state index in [1.165, 1.54) is 0 Å². The molecule has 2 rings (SSSR count). The second-order valence-corrected chi connectivity index (χ2v) is 6.70. The van der Waals surface area contributed by atoms with Gasteiger partial charge in [0.25, 0.3) is 0 Å². The Morgan fingerprint density at radius 2 is 2.19 bits per heavy atom. The first kappa shape index (κ1) is 15.7. The van der Waals surface area contributed by atoms with E-state index >= 15 is 0 Å². The molecule has 0 spiro atoms. The Labute approximate surface area is 124 Å². The lowest BCUT2D eigenvalue weighted by Crippen LogP contribution is -2.27. The fourth-order valence-electron chi connectivity index (χ4n) is 2.02. The van der Waals surface area contributed by atoms with Crippen molar-refractivity contribution in [2.45, 2.75) is 37.9 Å². The fourth-order valence-corrected chi connectivity index (χ4v) is 3.09. The number of nitrogens with one attached hydrogen (secondary N) is 1. The molecule has 9 heteroatoms. The maximum absolute atomic E-state index is 12.3. The summed E-state index contributed by atoms with van der Waals surface area (Å²) in [4.78, 5) is 0.232. The zero-order valence-corrected chi connectivity index (χ0v) is 12.9. The largest absolute Gasteiger partial charge is 0.346 e. The summed E-state index contributed by atoms with van der Waals surface area (Å²) >= 11 is 0. The molecule has 0 saturated heterocycles. The summed E-state index contributed by atoms with van der Waals surface area (Å²) in [5.41, 5.74) is 6.45. The molecule has 0 atom stereocenters. The number of aromatic nitrogens is 4. The lowest BCUT2D eigenvalue weighted by molar-refractivity contribution is 0.551. The Hall–Kier alpha value is -1.71. The molecule has 0 aliphatic rings. The predicted octanol–water partition coefficient (Wildman–Crippen LogP) is 0.0977. The molecule has 0 saturated carbocycles. The summed E-state index contributed by atoms with van der Waals surface area (Å²) in [6.45, 7) is 4.93. The van der Waals surface area contributed by atoms with Gasteiger partial charge in [-0.2, -0.15) is 0 Å². The van der Waals surface area contributed by atoms with E-state index in [9.17, 15) is 8.42 Å². The van der Waals surface area contributed by atoms with Gasteiger partial charge in [-0.3, -0.25) is 4.68 Å². The Morgan fingerprint density at radius 3 is 2.71 bits per heavy atom. The van der Waals surface area contributed by atoms with E-state index in [2.05, 4.69) is 15.0 Å². The van der Waals surface area contributed by atoms with Gasteiger partial charge in [-0.25, -0.2) is 13.1 Å². The van der Waals surface area contributed by atoms with Gasteiger partial charge in [0.2, 0.25) is 10.0 Å². The third-order valence-electron chi connectivity index (χ3n) is 3.09. The highest BCUT2D eigenvalue weighted by molar-refractivity contribution is 7.89. The third kappa shape index (κ3) is 3.69. The molecule has 116 valence electrons. The van der Waals surface area contributed by atoms with Crippen LogP contribution in [-0.2, 0) is 23.1 Å². The molecule has 2 aromatic rings. The number of hydrogen-bond acceptors (Lipinski definition) is 5. The molecule has 3 N–H and O–H groups in total. The number of sulfonamides is 1. The lowest BCUT2D eigenvalue weighted by Gasteiger charge is -2.10. The second kappa shape index (κ2) is 6.37. The van der Waals surface area contributed by atoms with Crippen LogP contribution in [0.4, 0.5) is 0 Å². The molecule has 2 aromatic heterocycles. The van der Waals surface area contributed by atoms with Crippen LogP contribution in [0.25, 0.3) is 0 Å².